The van der Waals surface area contributed by atoms with Gasteiger partial charge in [-0.05, 0) is 72.7 Å². The largest absolute Gasteiger partial charge is 0.490 e. The number of ether oxygens (including phenoxy) is 2. The van der Waals surface area contributed by atoms with Crippen LogP contribution in [0.15, 0.2) is 16.6 Å². The van der Waals surface area contributed by atoms with Crippen LogP contribution in [-0.2, 0) is 6.42 Å². The lowest BCUT2D eigenvalue weighted by Crippen LogP contribution is -2.17. The number of hydrogen-bond acceptors (Lipinski definition) is 3. The van der Waals surface area contributed by atoms with Gasteiger partial charge in [-0.15, -0.1) is 0 Å². The topological polar surface area (TPSA) is 44.5 Å². The smallest absolute Gasteiger partial charge is 0.175 e. The van der Waals surface area contributed by atoms with Gasteiger partial charge in [0, 0.05) is 6.04 Å². The fraction of sp³-hybridized carbons (Fsp3) is 0.647. The van der Waals surface area contributed by atoms with Crippen molar-refractivity contribution in [3.05, 3.63) is 22.2 Å². The second-order valence-corrected chi connectivity index (χ2v) is 6.76. The molecule has 0 spiro atoms. The molecule has 3 nitrogen and oxygen atoms in total. The van der Waals surface area contributed by atoms with Crippen molar-refractivity contribution < 1.29 is 9.47 Å². The highest BCUT2D eigenvalue weighted by atomic mass is 79.9. The van der Waals surface area contributed by atoms with Crippen molar-refractivity contribution in [1.29, 1.82) is 0 Å². The van der Waals surface area contributed by atoms with Gasteiger partial charge >= 0.3 is 0 Å². The molecule has 4 heteroatoms. The fourth-order valence-electron chi connectivity index (χ4n) is 2.18. The van der Waals surface area contributed by atoms with Crippen LogP contribution in [0.25, 0.3) is 0 Å². The van der Waals surface area contributed by atoms with Crippen LogP contribution >= 0.6 is 15.9 Å². The molecule has 0 heterocycles. The first-order valence-corrected chi connectivity index (χ1v) is 8.56. The molecule has 0 aliphatic rings. The molecule has 21 heavy (non-hydrogen) atoms. The lowest BCUT2D eigenvalue weighted by atomic mass is 10.1. The first kappa shape index (κ1) is 18.3. The van der Waals surface area contributed by atoms with E-state index in [9.17, 15) is 0 Å². The summed E-state index contributed by atoms with van der Waals surface area (Å²) in [5, 5.41) is 0. The van der Waals surface area contributed by atoms with E-state index in [0.29, 0.717) is 19.1 Å². The number of halogens is 1. The highest BCUT2D eigenvalue weighted by Crippen LogP contribution is 2.37. The predicted molar refractivity (Wildman–Crippen MR) is 92.2 cm³/mol. The van der Waals surface area contributed by atoms with Crippen LogP contribution in [0.1, 0.15) is 46.1 Å². The Hall–Kier alpha value is -0.740. The van der Waals surface area contributed by atoms with Gasteiger partial charge in [-0.3, -0.25) is 0 Å². The van der Waals surface area contributed by atoms with E-state index in [0.717, 1.165) is 34.4 Å². The molecule has 0 saturated heterocycles. The predicted octanol–water partition coefficient (Wildman–Crippen LogP) is 4.55. The molecule has 1 rings (SSSR count). The molecule has 1 atom stereocenters. The SMILES string of the molecule is CCOc1cc(CC(C)N)cc(Br)c1OCCCC(C)C. The van der Waals surface area contributed by atoms with Crippen LogP contribution in [0.5, 0.6) is 11.5 Å². The first-order valence-electron chi connectivity index (χ1n) is 7.77. The van der Waals surface area contributed by atoms with Gasteiger partial charge in [0.15, 0.2) is 11.5 Å². The van der Waals surface area contributed by atoms with Crippen LogP contribution in [-0.4, -0.2) is 19.3 Å². The van der Waals surface area contributed by atoms with Crippen LogP contribution in [0, 0.1) is 5.92 Å². The van der Waals surface area contributed by atoms with Crippen LogP contribution < -0.4 is 15.2 Å². The lowest BCUT2D eigenvalue weighted by molar-refractivity contribution is 0.265. The summed E-state index contributed by atoms with van der Waals surface area (Å²) in [5.41, 5.74) is 7.04. The second kappa shape index (κ2) is 9.31. The van der Waals surface area contributed by atoms with Crippen molar-refractivity contribution >= 4 is 15.9 Å². The third-order valence-electron chi connectivity index (χ3n) is 3.10. The Morgan fingerprint density at radius 2 is 1.90 bits per heavy atom. The number of nitrogens with two attached hydrogens (primary N) is 1. The highest BCUT2D eigenvalue weighted by molar-refractivity contribution is 9.10. The minimum atomic E-state index is 0.129. The van der Waals surface area contributed by atoms with E-state index < -0.39 is 0 Å². The number of hydrogen-bond donors (Lipinski definition) is 1. The zero-order chi connectivity index (χ0) is 15.8. The minimum absolute atomic E-state index is 0.129. The summed E-state index contributed by atoms with van der Waals surface area (Å²) >= 11 is 3.59. The van der Waals surface area contributed by atoms with Crippen molar-refractivity contribution in [1.82, 2.24) is 0 Å². The summed E-state index contributed by atoms with van der Waals surface area (Å²) in [5.74, 6) is 2.30. The maximum absolute atomic E-state index is 5.93. The number of rotatable bonds is 9. The zero-order valence-electron chi connectivity index (χ0n) is 13.6. The Bertz CT molecular complexity index is 433. The van der Waals surface area contributed by atoms with Crippen LogP contribution in [0.2, 0.25) is 0 Å². The fourth-order valence-corrected chi connectivity index (χ4v) is 2.78. The molecule has 0 saturated carbocycles. The first-order chi connectivity index (χ1) is 9.93. The van der Waals surface area contributed by atoms with E-state index in [2.05, 4.69) is 35.8 Å². The summed E-state index contributed by atoms with van der Waals surface area (Å²) in [6.07, 6.45) is 3.05. The molecule has 0 aliphatic carbocycles. The Morgan fingerprint density at radius 1 is 1.19 bits per heavy atom. The van der Waals surface area contributed by atoms with Gasteiger partial charge in [0.05, 0.1) is 17.7 Å². The van der Waals surface area contributed by atoms with Gasteiger partial charge in [-0.1, -0.05) is 13.8 Å². The van der Waals surface area contributed by atoms with Gasteiger partial charge in [0.1, 0.15) is 0 Å². The summed E-state index contributed by atoms with van der Waals surface area (Å²) in [4.78, 5) is 0. The van der Waals surface area contributed by atoms with E-state index in [1.165, 1.54) is 6.42 Å². The van der Waals surface area contributed by atoms with E-state index in [1.807, 2.05) is 19.9 Å². The Kier molecular flexibility index (Phi) is 8.12. The Balaban J connectivity index is 2.80. The molecule has 1 aromatic carbocycles. The summed E-state index contributed by atoms with van der Waals surface area (Å²) < 4.78 is 12.6. The molecule has 0 aliphatic heterocycles. The molecule has 0 fully saturated rings. The van der Waals surface area contributed by atoms with Crippen molar-refractivity contribution in [3.63, 3.8) is 0 Å². The lowest BCUT2D eigenvalue weighted by Gasteiger charge is -2.16. The summed E-state index contributed by atoms with van der Waals surface area (Å²) in [6, 6.07) is 4.24. The van der Waals surface area contributed by atoms with Gasteiger partial charge in [0.2, 0.25) is 0 Å². The third kappa shape index (κ3) is 6.70. The molecule has 1 unspecified atom stereocenters. The number of benzene rings is 1. The summed E-state index contributed by atoms with van der Waals surface area (Å²) in [6.45, 7) is 9.77. The molecular weight excluding hydrogens is 330 g/mol. The minimum Gasteiger partial charge on any atom is -0.490 e. The van der Waals surface area contributed by atoms with Crippen molar-refractivity contribution in [2.45, 2.75) is 53.0 Å². The molecule has 0 amide bonds. The summed E-state index contributed by atoms with van der Waals surface area (Å²) in [7, 11) is 0. The molecule has 1 aromatic rings. The maximum Gasteiger partial charge on any atom is 0.175 e. The van der Waals surface area contributed by atoms with E-state index in [4.69, 9.17) is 15.2 Å². The average molecular weight is 358 g/mol. The standard InChI is InChI=1S/C17H28BrNO2/c1-5-20-16-11-14(9-13(4)19)10-15(18)17(16)21-8-6-7-12(2)3/h10-13H,5-9,19H2,1-4H3. The van der Waals surface area contributed by atoms with Crippen LogP contribution in [0.4, 0.5) is 0 Å². The molecule has 0 bridgehead atoms. The zero-order valence-corrected chi connectivity index (χ0v) is 15.2. The molecule has 120 valence electrons. The normalized spacial score (nSPS) is 12.5. The quantitative estimate of drug-likeness (QED) is 0.659. The van der Waals surface area contributed by atoms with Gasteiger partial charge < -0.3 is 15.2 Å². The highest BCUT2D eigenvalue weighted by Gasteiger charge is 2.13. The second-order valence-electron chi connectivity index (χ2n) is 5.90. The van der Waals surface area contributed by atoms with Crippen molar-refractivity contribution in [2.24, 2.45) is 11.7 Å². The molecule has 0 aromatic heterocycles. The van der Waals surface area contributed by atoms with E-state index in [1.54, 1.807) is 0 Å². The molecular formula is C17H28BrNO2. The van der Waals surface area contributed by atoms with Crippen molar-refractivity contribution in [2.75, 3.05) is 13.2 Å². The molecule has 0 radical (unpaired) electrons. The van der Waals surface area contributed by atoms with Crippen molar-refractivity contribution in [3.8, 4) is 11.5 Å². The van der Waals surface area contributed by atoms with E-state index >= 15 is 0 Å². The van der Waals surface area contributed by atoms with Gasteiger partial charge in [-0.2, -0.15) is 0 Å². The monoisotopic (exact) mass is 357 g/mol. The third-order valence-corrected chi connectivity index (χ3v) is 3.69. The average Bonchev–Trinajstić information content (AvgIpc) is 2.36. The van der Waals surface area contributed by atoms with Crippen LogP contribution in [0.3, 0.4) is 0 Å². The van der Waals surface area contributed by atoms with E-state index in [-0.39, 0.29) is 6.04 Å². The van der Waals surface area contributed by atoms with Gasteiger partial charge in [-0.25, -0.2) is 0 Å². The Labute approximate surface area is 137 Å². The maximum atomic E-state index is 5.93. The van der Waals surface area contributed by atoms with Gasteiger partial charge in [0.25, 0.3) is 0 Å². The Morgan fingerprint density at radius 3 is 2.48 bits per heavy atom. The molecule has 2 N–H and O–H groups in total.